The molecule has 20 heavy (non-hydrogen) atoms. The molecule has 2 atom stereocenters. The van der Waals surface area contributed by atoms with Gasteiger partial charge in [0.05, 0.1) is 6.10 Å². The largest absolute Gasteiger partial charge is 0.486 e. The molecule has 0 aliphatic heterocycles. The van der Waals surface area contributed by atoms with Crippen LogP contribution in [0.25, 0.3) is 0 Å². The monoisotopic (exact) mass is 297 g/mol. The molecule has 1 aromatic rings. The Labute approximate surface area is 123 Å². The van der Waals surface area contributed by atoms with E-state index in [2.05, 4.69) is 17.6 Å². The zero-order valence-electron chi connectivity index (χ0n) is 12.4. The third-order valence-electron chi connectivity index (χ3n) is 3.45. The molecule has 112 valence electrons. The van der Waals surface area contributed by atoms with Crippen molar-refractivity contribution in [3.8, 4) is 5.75 Å². The van der Waals surface area contributed by atoms with Crippen molar-refractivity contribution in [3.05, 3.63) is 4.88 Å². The van der Waals surface area contributed by atoms with E-state index in [1.807, 2.05) is 13.8 Å². The van der Waals surface area contributed by atoms with Crippen molar-refractivity contribution in [2.45, 2.75) is 45.8 Å². The van der Waals surface area contributed by atoms with Gasteiger partial charge in [-0.2, -0.15) is 0 Å². The van der Waals surface area contributed by atoms with Crippen LogP contribution in [0.4, 0.5) is 10.7 Å². The first-order chi connectivity index (χ1) is 9.47. The Morgan fingerprint density at radius 3 is 2.75 bits per heavy atom. The molecule has 1 aliphatic rings. The van der Waals surface area contributed by atoms with Crippen molar-refractivity contribution >= 4 is 27.9 Å². The molecular formula is C14H23N3O2S. The van der Waals surface area contributed by atoms with E-state index in [0.29, 0.717) is 28.3 Å². The van der Waals surface area contributed by atoms with Crippen molar-refractivity contribution in [2.24, 2.45) is 5.92 Å². The maximum atomic E-state index is 11.8. The quantitative estimate of drug-likeness (QED) is 0.754. The summed E-state index contributed by atoms with van der Waals surface area (Å²) >= 11 is 1.37. The topological polar surface area (TPSA) is 76.4 Å². The molecule has 4 N–H and O–H groups in total. The summed E-state index contributed by atoms with van der Waals surface area (Å²) in [7, 11) is 1.60. The Balaban J connectivity index is 2.25. The van der Waals surface area contributed by atoms with E-state index in [1.54, 1.807) is 7.05 Å². The Morgan fingerprint density at radius 2 is 2.25 bits per heavy atom. The zero-order chi connectivity index (χ0) is 14.9. The number of nitrogens with one attached hydrogen (secondary N) is 2. The molecule has 1 amide bonds. The summed E-state index contributed by atoms with van der Waals surface area (Å²) in [6, 6.07) is 0.477. The van der Waals surface area contributed by atoms with Gasteiger partial charge in [-0.1, -0.05) is 13.3 Å². The molecule has 6 heteroatoms. The summed E-state index contributed by atoms with van der Waals surface area (Å²) in [5, 5.41) is 6.95. The van der Waals surface area contributed by atoms with E-state index in [9.17, 15) is 4.79 Å². The minimum absolute atomic E-state index is 0.0196. The average molecular weight is 297 g/mol. The van der Waals surface area contributed by atoms with E-state index in [-0.39, 0.29) is 12.0 Å². The number of hydrogen-bond acceptors (Lipinski definition) is 5. The van der Waals surface area contributed by atoms with Gasteiger partial charge in [-0.15, -0.1) is 11.3 Å². The zero-order valence-corrected chi connectivity index (χ0v) is 13.3. The fourth-order valence-electron chi connectivity index (χ4n) is 2.20. The lowest BCUT2D eigenvalue weighted by atomic mass is 10.3. The number of nitrogen functional groups attached to an aromatic ring is 1. The summed E-state index contributed by atoms with van der Waals surface area (Å²) in [6.45, 7) is 6.09. The third kappa shape index (κ3) is 3.00. The smallest absolute Gasteiger partial charge is 0.263 e. The van der Waals surface area contributed by atoms with Gasteiger partial charge in [0.2, 0.25) is 0 Å². The Bertz CT molecular complexity index is 499. The first kappa shape index (κ1) is 15.0. The number of rotatable bonds is 6. The first-order valence-electron chi connectivity index (χ1n) is 7.05. The summed E-state index contributed by atoms with van der Waals surface area (Å²) in [4.78, 5) is 12.4. The minimum atomic E-state index is -0.169. The lowest BCUT2D eigenvalue weighted by molar-refractivity contribution is 0.0967. The van der Waals surface area contributed by atoms with Gasteiger partial charge >= 0.3 is 0 Å². The molecule has 0 bridgehead atoms. The van der Waals surface area contributed by atoms with Gasteiger partial charge in [0, 0.05) is 13.1 Å². The van der Waals surface area contributed by atoms with Crippen LogP contribution in [0.3, 0.4) is 0 Å². The normalized spacial score (nSPS) is 20.9. The molecule has 1 saturated carbocycles. The van der Waals surface area contributed by atoms with Crippen molar-refractivity contribution in [3.63, 3.8) is 0 Å². The molecule has 0 spiro atoms. The standard InChI is InChI=1S/C14H23N3O2S/c1-5-8-6-9(8)17-14-11(19-7(2)3)10(15)12(20-14)13(18)16-4/h7-9,17H,5-6,15H2,1-4H3,(H,16,18). The number of amides is 1. The Kier molecular flexibility index (Phi) is 4.42. The van der Waals surface area contributed by atoms with Crippen LogP contribution < -0.4 is 21.1 Å². The van der Waals surface area contributed by atoms with Gasteiger partial charge < -0.3 is 21.1 Å². The molecule has 1 heterocycles. The molecule has 1 fully saturated rings. The molecule has 5 nitrogen and oxygen atoms in total. The summed E-state index contributed by atoms with van der Waals surface area (Å²) in [5.74, 6) is 1.16. The molecule has 2 unspecified atom stereocenters. The molecule has 0 radical (unpaired) electrons. The number of hydrogen-bond donors (Lipinski definition) is 3. The van der Waals surface area contributed by atoms with Crippen LogP contribution in [0.2, 0.25) is 0 Å². The highest BCUT2D eigenvalue weighted by Crippen LogP contribution is 2.46. The lowest BCUT2D eigenvalue weighted by Gasteiger charge is -2.12. The number of anilines is 2. The second-order valence-corrected chi connectivity index (χ2v) is 6.42. The van der Waals surface area contributed by atoms with E-state index < -0.39 is 0 Å². The van der Waals surface area contributed by atoms with Crippen LogP contribution in [0.5, 0.6) is 5.75 Å². The van der Waals surface area contributed by atoms with E-state index in [0.717, 1.165) is 5.00 Å². The van der Waals surface area contributed by atoms with Crippen LogP contribution in [0.1, 0.15) is 43.3 Å². The highest BCUT2D eigenvalue weighted by atomic mass is 32.1. The van der Waals surface area contributed by atoms with Crippen LogP contribution in [-0.2, 0) is 0 Å². The first-order valence-corrected chi connectivity index (χ1v) is 7.87. The fourth-order valence-corrected chi connectivity index (χ4v) is 3.27. The maximum Gasteiger partial charge on any atom is 0.263 e. The average Bonchev–Trinajstić information content (AvgIpc) is 3.10. The van der Waals surface area contributed by atoms with Gasteiger partial charge in [0.1, 0.15) is 15.6 Å². The molecule has 1 aromatic heterocycles. The second-order valence-electron chi connectivity index (χ2n) is 5.40. The second kappa shape index (κ2) is 5.91. The number of thiophene rings is 1. The van der Waals surface area contributed by atoms with Gasteiger partial charge in [-0.05, 0) is 26.2 Å². The summed E-state index contributed by atoms with van der Waals surface area (Å²) in [5.41, 5.74) is 6.51. The molecule has 1 aliphatic carbocycles. The van der Waals surface area contributed by atoms with Crippen LogP contribution in [0.15, 0.2) is 0 Å². The highest BCUT2D eigenvalue weighted by Gasteiger charge is 2.37. The van der Waals surface area contributed by atoms with Gasteiger partial charge in [-0.25, -0.2) is 0 Å². The number of carbonyl (C=O) groups excluding carboxylic acids is 1. The highest BCUT2D eigenvalue weighted by molar-refractivity contribution is 7.19. The lowest BCUT2D eigenvalue weighted by Crippen LogP contribution is -2.17. The van der Waals surface area contributed by atoms with E-state index in [4.69, 9.17) is 10.5 Å². The number of ether oxygens (including phenoxy) is 1. The predicted molar refractivity (Wildman–Crippen MR) is 83.7 cm³/mol. The maximum absolute atomic E-state index is 11.8. The van der Waals surface area contributed by atoms with Crippen molar-refractivity contribution in [2.75, 3.05) is 18.1 Å². The van der Waals surface area contributed by atoms with Gasteiger partial charge in [-0.3, -0.25) is 4.79 Å². The van der Waals surface area contributed by atoms with E-state index in [1.165, 1.54) is 24.2 Å². The summed E-state index contributed by atoms with van der Waals surface area (Å²) in [6.07, 6.45) is 2.36. The number of carbonyl (C=O) groups is 1. The summed E-state index contributed by atoms with van der Waals surface area (Å²) < 4.78 is 5.79. The van der Waals surface area contributed by atoms with Crippen LogP contribution >= 0.6 is 11.3 Å². The van der Waals surface area contributed by atoms with Crippen LogP contribution in [0, 0.1) is 5.92 Å². The SMILES string of the molecule is CCC1CC1Nc1sc(C(=O)NC)c(N)c1OC(C)C. The fraction of sp³-hybridized carbons (Fsp3) is 0.643. The molecule has 0 aromatic carbocycles. The minimum Gasteiger partial charge on any atom is -0.486 e. The van der Waals surface area contributed by atoms with Crippen molar-refractivity contribution in [1.82, 2.24) is 5.32 Å². The van der Waals surface area contributed by atoms with Crippen LogP contribution in [-0.4, -0.2) is 25.1 Å². The predicted octanol–water partition coefficient (Wildman–Crippen LogP) is 2.69. The van der Waals surface area contributed by atoms with Gasteiger partial charge in [0.15, 0.2) is 5.75 Å². The van der Waals surface area contributed by atoms with Crippen molar-refractivity contribution < 1.29 is 9.53 Å². The van der Waals surface area contributed by atoms with E-state index >= 15 is 0 Å². The van der Waals surface area contributed by atoms with Crippen molar-refractivity contribution in [1.29, 1.82) is 0 Å². The van der Waals surface area contributed by atoms with Gasteiger partial charge in [0.25, 0.3) is 5.91 Å². The molecule has 2 rings (SSSR count). The molecule has 0 saturated heterocycles. The Hall–Kier alpha value is -1.43. The number of nitrogens with two attached hydrogens (primary N) is 1. The molecular weight excluding hydrogens is 274 g/mol. The Morgan fingerprint density at radius 1 is 1.55 bits per heavy atom. The third-order valence-corrected chi connectivity index (χ3v) is 4.57.